The van der Waals surface area contributed by atoms with E-state index in [1.54, 1.807) is 0 Å². The van der Waals surface area contributed by atoms with Crippen molar-refractivity contribution in [2.45, 2.75) is 58.4 Å². The van der Waals surface area contributed by atoms with Gasteiger partial charge in [0.15, 0.2) is 0 Å². The number of unbranched alkanes of at least 4 members (excludes halogenated alkanes) is 2. The topological polar surface area (TPSA) is 21.3 Å². The van der Waals surface area contributed by atoms with Crippen LogP contribution in [-0.2, 0) is 6.42 Å². The van der Waals surface area contributed by atoms with E-state index < -0.39 is 0 Å². The zero-order valence-corrected chi connectivity index (χ0v) is 12.4. The molecule has 19 heavy (non-hydrogen) atoms. The number of hydrogen-bond donors (Lipinski definition) is 1. The number of rotatable bonds is 8. The molecule has 0 saturated heterocycles. The van der Waals surface area contributed by atoms with Crippen molar-refractivity contribution >= 4 is 0 Å². The highest BCUT2D eigenvalue weighted by Crippen LogP contribution is 2.36. The lowest BCUT2D eigenvalue weighted by Gasteiger charge is -2.14. The summed E-state index contributed by atoms with van der Waals surface area (Å²) in [7, 11) is 0. The van der Waals surface area contributed by atoms with Crippen LogP contribution in [0.3, 0.4) is 0 Å². The molecule has 1 unspecified atom stereocenters. The Balaban J connectivity index is 1.97. The second-order valence-corrected chi connectivity index (χ2v) is 5.42. The molecule has 0 saturated carbocycles. The Hall–Kier alpha value is -1.02. The maximum atomic E-state index is 5.98. The second-order valence-electron chi connectivity index (χ2n) is 5.42. The van der Waals surface area contributed by atoms with E-state index in [9.17, 15) is 0 Å². The normalized spacial score (nSPS) is 17.5. The van der Waals surface area contributed by atoms with Crippen molar-refractivity contribution in [1.29, 1.82) is 0 Å². The summed E-state index contributed by atoms with van der Waals surface area (Å²) in [5, 5.41) is 3.64. The molecule has 1 aliphatic rings. The molecule has 106 valence electrons. The summed E-state index contributed by atoms with van der Waals surface area (Å²) >= 11 is 0. The Morgan fingerprint density at radius 3 is 2.89 bits per heavy atom. The fourth-order valence-electron chi connectivity index (χ4n) is 2.82. The minimum absolute atomic E-state index is 0.536. The molecule has 0 fully saturated rings. The highest BCUT2D eigenvalue weighted by Gasteiger charge is 2.24. The average Bonchev–Trinajstić information content (AvgIpc) is 2.85. The molecular weight excluding hydrogens is 234 g/mol. The molecule has 0 aromatic heterocycles. The number of ether oxygens (including phenoxy) is 1. The Morgan fingerprint density at radius 1 is 1.21 bits per heavy atom. The third-order valence-electron chi connectivity index (χ3n) is 3.87. The summed E-state index contributed by atoms with van der Waals surface area (Å²) in [5.74, 6) is 1.12. The van der Waals surface area contributed by atoms with Crippen LogP contribution >= 0.6 is 0 Å². The maximum absolute atomic E-state index is 5.98. The van der Waals surface area contributed by atoms with Crippen LogP contribution in [0.15, 0.2) is 18.2 Å². The fraction of sp³-hybridized carbons (Fsp3) is 0.647. The van der Waals surface area contributed by atoms with Crippen molar-refractivity contribution in [1.82, 2.24) is 5.32 Å². The summed E-state index contributed by atoms with van der Waals surface area (Å²) in [5.41, 5.74) is 2.90. The molecule has 0 bridgehead atoms. The van der Waals surface area contributed by atoms with Gasteiger partial charge in [-0.3, -0.25) is 0 Å². The van der Waals surface area contributed by atoms with Gasteiger partial charge in [-0.1, -0.05) is 38.8 Å². The summed E-state index contributed by atoms with van der Waals surface area (Å²) in [6.45, 7) is 6.41. The maximum Gasteiger partial charge on any atom is 0.122 e. The predicted molar refractivity (Wildman–Crippen MR) is 80.8 cm³/mol. The van der Waals surface area contributed by atoms with Crippen molar-refractivity contribution < 1.29 is 4.74 Å². The summed E-state index contributed by atoms with van der Waals surface area (Å²) in [6.07, 6.45) is 7.23. The molecule has 0 aliphatic heterocycles. The van der Waals surface area contributed by atoms with Gasteiger partial charge in [0.2, 0.25) is 0 Å². The van der Waals surface area contributed by atoms with Gasteiger partial charge < -0.3 is 10.1 Å². The van der Waals surface area contributed by atoms with E-state index in [0.29, 0.717) is 6.04 Å². The van der Waals surface area contributed by atoms with Gasteiger partial charge in [0, 0.05) is 6.04 Å². The van der Waals surface area contributed by atoms with Crippen LogP contribution in [0.1, 0.15) is 63.1 Å². The first-order valence-corrected chi connectivity index (χ1v) is 7.84. The molecule has 1 aliphatic carbocycles. The third-order valence-corrected chi connectivity index (χ3v) is 3.87. The first-order chi connectivity index (χ1) is 9.36. The molecule has 1 N–H and O–H groups in total. The molecule has 2 heteroatoms. The zero-order valence-electron chi connectivity index (χ0n) is 12.4. The summed E-state index contributed by atoms with van der Waals surface area (Å²) in [6, 6.07) is 7.07. The number of fused-ring (bicyclic) bond motifs is 1. The van der Waals surface area contributed by atoms with E-state index in [4.69, 9.17) is 4.74 Å². The Morgan fingerprint density at radius 2 is 2.11 bits per heavy atom. The lowest BCUT2D eigenvalue weighted by atomic mass is 10.1. The summed E-state index contributed by atoms with van der Waals surface area (Å²) in [4.78, 5) is 0. The number of nitrogens with one attached hydrogen (secondary N) is 1. The van der Waals surface area contributed by atoms with Gasteiger partial charge in [-0.05, 0) is 49.4 Å². The molecule has 1 aromatic carbocycles. The zero-order chi connectivity index (χ0) is 13.5. The number of hydrogen-bond acceptors (Lipinski definition) is 2. The molecule has 0 radical (unpaired) electrons. The summed E-state index contributed by atoms with van der Waals surface area (Å²) < 4.78 is 5.98. The minimum Gasteiger partial charge on any atom is -0.493 e. The highest BCUT2D eigenvalue weighted by molar-refractivity contribution is 5.45. The van der Waals surface area contributed by atoms with Crippen LogP contribution < -0.4 is 10.1 Å². The smallest absolute Gasteiger partial charge is 0.122 e. The third kappa shape index (κ3) is 3.73. The van der Waals surface area contributed by atoms with Gasteiger partial charge in [-0.25, -0.2) is 0 Å². The standard InChI is InChI=1S/C17H27NO/c1-3-5-6-13-19-17-9-7-8-14-15(17)10-11-16(14)18-12-4-2/h7-9,16,18H,3-6,10-13H2,1-2H3. The first kappa shape index (κ1) is 14.4. The molecule has 1 aromatic rings. The minimum atomic E-state index is 0.536. The second kappa shape index (κ2) is 7.54. The first-order valence-electron chi connectivity index (χ1n) is 7.84. The van der Waals surface area contributed by atoms with Crippen LogP contribution in [0, 0.1) is 0 Å². The SMILES string of the molecule is CCCCCOc1cccc2c1CCC2NCCC. The van der Waals surface area contributed by atoms with E-state index in [0.717, 1.165) is 31.7 Å². The molecule has 1 atom stereocenters. The van der Waals surface area contributed by atoms with Crippen molar-refractivity contribution in [3.8, 4) is 5.75 Å². The van der Waals surface area contributed by atoms with Crippen LogP contribution in [-0.4, -0.2) is 13.2 Å². The van der Waals surface area contributed by atoms with E-state index >= 15 is 0 Å². The Labute approximate surface area is 117 Å². The van der Waals surface area contributed by atoms with Gasteiger partial charge in [-0.2, -0.15) is 0 Å². The number of benzene rings is 1. The molecule has 2 rings (SSSR count). The predicted octanol–water partition coefficient (Wildman–Crippen LogP) is 4.24. The fourth-order valence-corrected chi connectivity index (χ4v) is 2.82. The van der Waals surface area contributed by atoms with Gasteiger partial charge in [0.1, 0.15) is 5.75 Å². The van der Waals surface area contributed by atoms with Gasteiger partial charge in [-0.15, -0.1) is 0 Å². The monoisotopic (exact) mass is 261 g/mol. The molecule has 2 nitrogen and oxygen atoms in total. The van der Waals surface area contributed by atoms with Crippen molar-refractivity contribution in [3.63, 3.8) is 0 Å². The molecule has 0 amide bonds. The Bertz CT molecular complexity index is 389. The van der Waals surface area contributed by atoms with Gasteiger partial charge >= 0.3 is 0 Å². The van der Waals surface area contributed by atoms with E-state index in [1.165, 1.54) is 36.8 Å². The largest absolute Gasteiger partial charge is 0.493 e. The van der Waals surface area contributed by atoms with Gasteiger partial charge in [0.05, 0.1) is 6.61 Å². The van der Waals surface area contributed by atoms with E-state index in [-0.39, 0.29) is 0 Å². The molecule has 0 heterocycles. The van der Waals surface area contributed by atoms with Crippen molar-refractivity contribution in [2.75, 3.05) is 13.2 Å². The molecule has 0 spiro atoms. The lowest BCUT2D eigenvalue weighted by molar-refractivity contribution is 0.303. The van der Waals surface area contributed by atoms with Crippen LogP contribution in [0.5, 0.6) is 5.75 Å². The van der Waals surface area contributed by atoms with Crippen LogP contribution in [0.4, 0.5) is 0 Å². The van der Waals surface area contributed by atoms with E-state index in [2.05, 4.69) is 37.4 Å². The quantitative estimate of drug-likeness (QED) is 0.707. The molecular formula is C17H27NO. The average molecular weight is 261 g/mol. The van der Waals surface area contributed by atoms with Crippen LogP contribution in [0.2, 0.25) is 0 Å². The van der Waals surface area contributed by atoms with Crippen molar-refractivity contribution in [2.24, 2.45) is 0 Å². The van der Waals surface area contributed by atoms with Crippen LogP contribution in [0.25, 0.3) is 0 Å². The lowest BCUT2D eigenvalue weighted by Crippen LogP contribution is -2.19. The Kier molecular flexibility index (Phi) is 5.71. The van der Waals surface area contributed by atoms with Gasteiger partial charge in [0.25, 0.3) is 0 Å². The highest BCUT2D eigenvalue weighted by atomic mass is 16.5. The van der Waals surface area contributed by atoms with E-state index in [1.807, 2.05) is 0 Å². The van der Waals surface area contributed by atoms with Crippen molar-refractivity contribution in [3.05, 3.63) is 29.3 Å².